The zero-order valence-electron chi connectivity index (χ0n) is 9.82. The second-order valence-corrected chi connectivity index (χ2v) is 3.65. The molecule has 7 nitrogen and oxygen atoms in total. The first-order chi connectivity index (χ1) is 9.49. The average Bonchev–Trinajstić information content (AvgIpc) is 2.38. The first-order valence-corrected chi connectivity index (χ1v) is 5.28. The van der Waals surface area contributed by atoms with Gasteiger partial charge in [-0.2, -0.15) is 4.39 Å². The second-order valence-electron chi connectivity index (χ2n) is 3.65. The largest absolute Gasteiger partial charge is 0.477 e. The Morgan fingerprint density at radius 1 is 1.40 bits per heavy atom. The van der Waals surface area contributed by atoms with Gasteiger partial charge in [0, 0.05) is 30.6 Å². The molecule has 2 rings (SSSR count). The highest BCUT2D eigenvalue weighted by molar-refractivity contribution is 5.90. The Balaban J connectivity index is 2.34. The van der Waals surface area contributed by atoms with Crippen molar-refractivity contribution in [2.75, 3.05) is 0 Å². The zero-order chi connectivity index (χ0) is 14.7. The Kier molecular flexibility index (Phi) is 3.56. The second kappa shape index (κ2) is 5.31. The van der Waals surface area contributed by atoms with Crippen LogP contribution < -0.4 is 4.74 Å². The van der Waals surface area contributed by atoms with Crippen LogP contribution in [0.2, 0.25) is 0 Å². The van der Waals surface area contributed by atoms with Gasteiger partial charge in [0.25, 0.3) is 0 Å². The van der Waals surface area contributed by atoms with Gasteiger partial charge in [-0.05, 0) is 6.07 Å². The first kappa shape index (κ1) is 13.4. The number of hydrogen-bond acceptors (Lipinski definition) is 5. The fourth-order valence-corrected chi connectivity index (χ4v) is 1.46. The molecule has 0 radical (unpaired) electrons. The van der Waals surface area contributed by atoms with Gasteiger partial charge in [0.2, 0.25) is 5.82 Å². The summed E-state index contributed by atoms with van der Waals surface area (Å²) in [7, 11) is 0. The molecule has 8 heteroatoms. The van der Waals surface area contributed by atoms with Crippen molar-refractivity contribution in [3.05, 3.63) is 58.2 Å². The maximum absolute atomic E-state index is 13.4. The molecule has 0 atom stereocenters. The molecule has 1 aromatic heterocycles. The van der Waals surface area contributed by atoms with Crippen molar-refractivity contribution in [1.29, 1.82) is 0 Å². The van der Waals surface area contributed by atoms with E-state index in [2.05, 4.69) is 4.98 Å². The fourth-order valence-electron chi connectivity index (χ4n) is 1.46. The third kappa shape index (κ3) is 2.69. The Morgan fingerprint density at radius 2 is 2.15 bits per heavy atom. The van der Waals surface area contributed by atoms with Gasteiger partial charge in [-0.3, -0.25) is 15.1 Å². The monoisotopic (exact) mass is 278 g/mol. The Bertz CT molecular complexity index is 689. The number of benzene rings is 1. The smallest absolute Gasteiger partial charge is 0.341 e. The molecule has 0 aliphatic carbocycles. The van der Waals surface area contributed by atoms with E-state index in [0.717, 1.165) is 18.3 Å². The lowest BCUT2D eigenvalue weighted by Crippen LogP contribution is -2.01. The molecule has 0 unspecified atom stereocenters. The summed E-state index contributed by atoms with van der Waals surface area (Å²) in [5, 5.41) is 19.4. The number of carboxylic acids is 1. The van der Waals surface area contributed by atoms with Crippen molar-refractivity contribution in [2.24, 2.45) is 0 Å². The van der Waals surface area contributed by atoms with E-state index >= 15 is 0 Å². The number of ether oxygens (including phenoxy) is 1. The molecule has 0 spiro atoms. The molecular weight excluding hydrogens is 271 g/mol. The molecular formula is C12H7FN2O5. The number of nitro benzene ring substituents is 1. The lowest BCUT2D eigenvalue weighted by molar-refractivity contribution is -0.387. The summed E-state index contributed by atoms with van der Waals surface area (Å²) in [4.78, 5) is 24.2. The minimum absolute atomic E-state index is 0.0410. The fraction of sp³-hybridized carbons (Fsp3) is 0. The summed E-state index contributed by atoms with van der Waals surface area (Å²) in [6.07, 6.45) is 2.39. The van der Waals surface area contributed by atoms with Crippen molar-refractivity contribution in [1.82, 2.24) is 4.98 Å². The molecule has 0 bridgehead atoms. The van der Waals surface area contributed by atoms with Crippen LogP contribution in [0.3, 0.4) is 0 Å². The number of carboxylic acid groups (broad SMARTS) is 1. The molecule has 2 aromatic rings. The number of carbonyl (C=O) groups is 1. The number of aromatic nitrogens is 1. The van der Waals surface area contributed by atoms with Crippen molar-refractivity contribution in [3.8, 4) is 11.5 Å². The van der Waals surface area contributed by atoms with Gasteiger partial charge in [0.05, 0.1) is 4.92 Å². The van der Waals surface area contributed by atoms with Crippen LogP contribution in [-0.2, 0) is 0 Å². The quantitative estimate of drug-likeness (QED) is 0.681. The molecule has 0 amide bonds. The van der Waals surface area contributed by atoms with E-state index in [1.54, 1.807) is 0 Å². The van der Waals surface area contributed by atoms with E-state index in [1.807, 2.05) is 0 Å². The number of nitro groups is 1. The molecule has 1 N–H and O–H groups in total. The van der Waals surface area contributed by atoms with E-state index in [1.165, 1.54) is 18.3 Å². The summed E-state index contributed by atoms with van der Waals surface area (Å²) in [5.74, 6) is -2.42. The normalized spacial score (nSPS) is 10.1. The standard InChI is InChI=1S/C12H7FN2O5/c13-9-5-7(1-2-10(9)15(18)19)20-11-3-4-14-6-8(11)12(16)17/h1-6H,(H,16,17). The number of halogens is 1. The van der Waals surface area contributed by atoms with Gasteiger partial charge in [-0.15, -0.1) is 0 Å². The van der Waals surface area contributed by atoms with E-state index in [0.29, 0.717) is 0 Å². The highest BCUT2D eigenvalue weighted by atomic mass is 19.1. The molecule has 102 valence electrons. The maximum Gasteiger partial charge on any atom is 0.341 e. The molecule has 0 aliphatic rings. The Labute approximate surface area is 111 Å². The maximum atomic E-state index is 13.4. The number of pyridine rings is 1. The molecule has 0 aliphatic heterocycles. The summed E-state index contributed by atoms with van der Waals surface area (Å²) >= 11 is 0. The average molecular weight is 278 g/mol. The van der Waals surface area contributed by atoms with Gasteiger partial charge >= 0.3 is 11.7 Å². The highest BCUT2D eigenvalue weighted by Gasteiger charge is 2.16. The number of hydrogen-bond donors (Lipinski definition) is 1. The van der Waals surface area contributed by atoms with Crippen LogP contribution in [0, 0.1) is 15.9 Å². The van der Waals surface area contributed by atoms with Gasteiger partial charge in [-0.1, -0.05) is 0 Å². The van der Waals surface area contributed by atoms with Crippen LogP contribution in [0.4, 0.5) is 10.1 Å². The predicted molar refractivity (Wildman–Crippen MR) is 64.3 cm³/mol. The first-order valence-electron chi connectivity index (χ1n) is 5.28. The van der Waals surface area contributed by atoms with Crippen molar-refractivity contribution >= 4 is 11.7 Å². The minimum atomic E-state index is -1.25. The summed E-state index contributed by atoms with van der Waals surface area (Å²) < 4.78 is 18.6. The number of rotatable bonds is 4. The van der Waals surface area contributed by atoms with Crippen LogP contribution in [0.1, 0.15) is 10.4 Å². The Morgan fingerprint density at radius 3 is 2.75 bits per heavy atom. The van der Waals surface area contributed by atoms with Gasteiger partial charge < -0.3 is 9.84 Å². The Hall–Kier alpha value is -3.03. The third-order valence-corrected chi connectivity index (χ3v) is 2.36. The summed E-state index contributed by atoms with van der Waals surface area (Å²) in [6.45, 7) is 0. The van der Waals surface area contributed by atoms with Crippen LogP contribution in [-0.4, -0.2) is 21.0 Å². The lowest BCUT2D eigenvalue weighted by Gasteiger charge is -2.08. The molecule has 0 saturated heterocycles. The van der Waals surface area contributed by atoms with Gasteiger partial charge in [0.15, 0.2) is 0 Å². The van der Waals surface area contributed by atoms with Crippen LogP contribution in [0.15, 0.2) is 36.7 Å². The molecule has 20 heavy (non-hydrogen) atoms. The zero-order valence-corrected chi connectivity index (χ0v) is 9.82. The SMILES string of the molecule is O=C(O)c1cnccc1Oc1ccc([N+](=O)[O-])c(F)c1. The molecule has 0 saturated carbocycles. The van der Waals surface area contributed by atoms with Crippen molar-refractivity contribution in [2.45, 2.75) is 0 Å². The topological polar surface area (TPSA) is 103 Å². The van der Waals surface area contributed by atoms with E-state index in [9.17, 15) is 19.3 Å². The van der Waals surface area contributed by atoms with Crippen molar-refractivity contribution < 1.29 is 24.0 Å². The van der Waals surface area contributed by atoms with Crippen LogP contribution in [0.5, 0.6) is 11.5 Å². The lowest BCUT2D eigenvalue weighted by atomic mass is 10.2. The van der Waals surface area contributed by atoms with Gasteiger partial charge in [0.1, 0.15) is 17.1 Å². The van der Waals surface area contributed by atoms with Crippen LogP contribution >= 0.6 is 0 Å². The van der Waals surface area contributed by atoms with Crippen LogP contribution in [0.25, 0.3) is 0 Å². The number of nitrogens with zero attached hydrogens (tertiary/aromatic N) is 2. The van der Waals surface area contributed by atoms with Gasteiger partial charge in [-0.25, -0.2) is 4.79 Å². The van der Waals surface area contributed by atoms with Crippen molar-refractivity contribution in [3.63, 3.8) is 0 Å². The minimum Gasteiger partial charge on any atom is -0.477 e. The number of aromatic carboxylic acids is 1. The third-order valence-electron chi connectivity index (χ3n) is 2.36. The van der Waals surface area contributed by atoms with E-state index in [-0.39, 0.29) is 17.1 Å². The van der Waals surface area contributed by atoms with E-state index < -0.39 is 22.4 Å². The summed E-state index contributed by atoms with van der Waals surface area (Å²) in [6, 6.07) is 4.21. The summed E-state index contributed by atoms with van der Waals surface area (Å²) in [5.41, 5.74) is -0.892. The predicted octanol–water partition coefficient (Wildman–Crippen LogP) is 2.62. The molecule has 1 aromatic carbocycles. The molecule has 1 heterocycles. The highest BCUT2D eigenvalue weighted by Crippen LogP contribution is 2.28. The van der Waals surface area contributed by atoms with E-state index in [4.69, 9.17) is 9.84 Å². The molecule has 0 fully saturated rings.